The van der Waals surface area contributed by atoms with Gasteiger partial charge in [-0.2, -0.15) is 0 Å². The number of thioether (sulfide) groups is 1. The van der Waals surface area contributed by atoms with Crippen LogP contribution < -0.4 is 4.74 Å². The zero-order valence-electron chi connectivity index (χ0n) is 13.6. The molecule has 4 nitrogen and oxygen atoms in total. The maximum absolute atomic E-state index is 12.7. The van der Waals surface area contributed by atoms with Crippen LogP contribution >= 0.6 is 39.9 Å². The Labute approximate surface area is 165 Å². The number of rotatable bonds is 6. The van der Waals surface area contributed by atoms with Crippen LogP contribution in [0, 0.1) is 0 Å². The molecule has 0 spiro atoms. The standard InChI is InChI=1S/C18H18BrNO3S2/c1-2-7-23-15-6-5-13(19)9-12(15)10-16-17(21)20(18(24)25-16)11-14-4-3-8-22-14/h2,5-6,9-10,14H,1,3-4,7-8,11H2/b16-10-/t14-/m1/s1. The molecular formula is C18H18BrNO3S2. The van der Waals surface area contributed by atoms with E-state index in [0.717, 1.165) is 29.5 Å². The van der Waals surface area contributed by atoms with Crippen molar-refractivity contribution in [3.8, 4) is 5.75 Å². The molecule has 1 aromatic carbocycles. The van der Waals surface area contributed by atoms with Gasteiger partial charge in [0.15, 0.2) is 0 Å². The number of nitrogens with zero attached hydrogens (tertiary/aromatic N) is 1. The van der Waals surface area contributed by atoms with Gasteiger partial charge in [0.25, 0.3) is 5.91 Å². The lowest BCUT2D eigenvalue weighted by Gasteiger charge is -2.18. The third-order valence-corrected chi connectivity index (χ3v) is 5.77. The van der Waals surface area contributed by atoms with Gasteiger partial charge in [-0.1, -0.05) is 52.6 Å². The first-order valence-corrected chi connectivity index (χ1v) is 10.0. The van der Waals surface area contributed by atoms with Crippen molar-refractivity contribution >= 4 is 56.2 Å². The Balaban J connectivity index is 1.81. The molecule has 2 aliphatic heterocycles. The van der Waals surface area contributed by atoms with Crippen LogP contribution in [0.15, 0.2) is 40.2 Å². The van der Waals surface area contributed by atoms with Crippen molar-refractivity contribution in [3.63, 3.8) is 0 Å². The lowest BCUT2D eigenvalue weighted by Crippen LogP contribution is -2.35. The molecule has 7 heteroatoms. The second-order valence-electron chi connectivity index (χ2n) is 5.71. The number of ether oxygens (including phenoxy) is 2. The average molecular weight is 440 g/mol. The number of hydrogen-bond acceptors (Lipinski definition) is 5. The molecule has 1 aromatic rings. The zero-order valence-corrected chi connectivity index (χ0v) is 16.8. The van der Waals surface area contributed by atoms with Gasteiger partial charge in [-0.25, -0.2) is 0 Å². The Hall–Kier alpha value is -1.15. The number of thiocarbonyl (C=S) groups is 1. The molecular weight excluding hydrogens is 422 g/mol. The van der Waals surface area contributed by atoms with E-state index in [0.29, 0.717) is 28.1 Å². The highest BCUT2D eigenvalue weighted by Gasteiger charge is 2.34. The summed E-state index contributed by atoms with van der Waals surface area (Å²) in [6.07, 6.45) is 5.61. The molecule has 0 bridgehead atoms. The molecule has 0 saturated carbocycles. The number of hydrogen-bond donors (Lipinski definition) is 0. The van der Waals surface area contributed by atoms with E-state index in [9.17, 15) is 4.79 Å². The van der Waals surface area contributed by atoms with Crippen molar-refractivity contribution in [3.05, 3.63) is 45.8 Å². The Kier molecular flexibility index (Phi) is 6.33. The molecule has 0 N–H and O–H groups in total. The van der Waals surface area contributed by atoms with E-state index in [1.165, 1.54) is 11.8 Å². The van der Waals surface area contributed by atoms with Gasteiger partial charge in [-0.3, -0.25) is 9.69 Å². The van der Waals surface area contributed by atoms with Gasteiger partial charge >= 0.3 is 0 Å². The minimum absolute atomic E-state index is 0.0693. The van der Waals surface area contributed by atoms with Gasteiger partial charge in [-0.15, -0.1) is 0 Å². The summed E-state index contributed by atoms with van der Waals surface area (Å²) in [5.74, 6) is 0.632. The SMILES string of the molecule is C=CCOc1ccc(Br)cc1/C=C1\SC(=S)N(C[C@H]2CCCO2)C1=O. The predicted molar refractivity (Wildman–Crippen MR) is 109 cm³/mol. The summed E-state index contributed by atoms with van der Waals surface area (Å²) < 4.78 is 12.8. The number of halogens is 1. The first-order chi connectivity index (χ1) is 12.1. The summed E-state index contributed by atoms with van der Waals surface area (Å²) in [5, 5.41) is 0. The van der Waals surface area contributed by atoms with Crippen LogP contribution in [0.1, 0.15) is 18.4 Å². The minimum atomic E-state index is -0.0693. The Morgan fingerprint density at radius 2 is 2.36 bits per heavy atom. The van der Waals surface area contributed by atoms with Crippen molar-refractivity contribution in [2.45, 2.75) is 18.9 Å². The van der Waals surface area contributed by atoms with Crippen molar-refractivity contribution < 1.29 is 14.3 Å². The highest BCUT2D eigenvalue weighted by atomic mass is 79.9. The summed E-state index contributed by atoms with van der Waals surface area (Å²) in [5.41, 5.74) is 0.828. The molecule has 1 amide bonds. The van der Waals surface area contributed by atoms with Gasteiger partial charge in [0, 0.05) is 16.6 Å². The monoisotopic (exact) mass is 439 g/mol. The number of carbonyl (C=O) groups is 1. The van der Waals surface area contributed by atoms with E-state index in [1.54, 1.807) is 11.0 Å². The fourth-order valence-corrected chi connectivity index (χ4v) is 4.35. The Morgan fingerprint density at radius 3 is 3.08 bits per heavy atom. The molecule has 2 fully saturated rings. The molecule has 1 atom stereocenters. The first kappa shape index (κ1) is 18.6. The molecule has 2 aliphatic rings. The summed E-state index contributed by atoms with van der Waals surface area (Å²) in [4.78, 5) is 15.0. The Bertz CT molecular complexity index is 729. The smallest absolute Gasteiger partial charge is 0.266 e. The fourth-order valence-electron chi connectivity index (χ4n) is 2.70. The van der Waals surface area contributed by atoms with Crippen molar-refractivity contribution in [1.82, 2.24) is 4.90 Å². The van der Waals surface area contributed by atoms with Gasteiger partial charge in [0.05, 0.1) is 17.6 Å². The number of benzene rings is 1. The van der Waals surface area contributed by atoms with Crippen molar-refractivity contribution in [2.75, 3.05) is 19.8 Å². The maximum atomic E-state index is 12.7. The largest absolute Gasteiger partial charge is 0.489 e. The molecule has 25 heavy (non-hydrogen) atoms. The van der Waals surface area contributed by atoms with E-state index in [1.807, 2.05) is 24.3 Å². The molecule has 0 aromatic heterocycles. The van der Waals surface area contributed by atoms with Crippen molar-refractivity contribution in [1.29, 1.82) is 0 Å². The zero-order chi connectivity index (χ0) is 17.8. The third-order valence-electron chi connectivity index (χ3n) is 3.90. The molecule has 2 saturated heterocycles. The van der Waals surface area contributed by atoms with Crippen LogP contribution in [-0.2, 0) is 9.53 Å². The molecule has 3 rings (SSSR count). The third kappa shape index (κ3) is 4.53. The van der Waals surface area contributed by atoms with Gasteiger partial charge in [0.1, 0.15) is 16.7 Å². The highest BCUT2D eigenvalue weighted by molar-refractivity contribution is 9.10. The topological polar surface area (TPSA) is 38.8 Å². The van der Waals surface area contributed by atoms with E-state index in [4.69, 9.17) is 21.7 Å². The van der Waals surface area contributed by atoms with Gasteiger partial charge in [0.2, 0.25) is 0 Å². The summed E-state index contributed by atoms with van der Waals surface area (Å²) in [6, 6.07) is 5.69. The van der Waals surface area contributed by atoms with Gasteiger partial charge in [-0.05, 0) is 37.1 Å². The second-order valence-corrected chi connectivity index (χ2v) is 8.30. The Morgan fingerprint density at radius 1 is 1.52 bits per heavy atom. The second kappa shape index (κ2) is 8.49. The molecule has 132 valence electrons. The summed E-state index contributed by atoms with van der Waals surface area (Å²) >= 11 is 10.2. The molecule has 0 aliphatic carbocycles. The maximum Gasteiger partial charge on any atom is 0.266 e. The lowest BCUT2D eigenvalue weighted by atomic mass is 10.1. The van der Waals surface area contributed by atoms with E-state index in [2.05, 4.69) is 22.5 Å². The van der Waals surface area contributed by atoms with E-state index < -0.39 is 0 Å². The minimum Gasteiger partial charge on any atom is -0.489 e. The number of amides is 1. The molecule has 0 radical (unpaired) electrons. The summed E-state index contributed by atoms with van der Waals surface area (Å²) in [6.45, 7) is 5.36. The van der Waals surface area contributed by atoms with Crippen LogP contribution in [0.3, 0.4) is 0 Å². The van der Waals surface area contributed by atoms with Crippen LogP contribution in [0.2, 0.25) is 0 Å². The highest BCUT2D eigenvalue weighted by Crippen LogP contribution is 2.35. The normalized spacial score (nSPS) is 22.0. The van der Waals surface area contributed by atoms with Crippen molar-refractivity contribution in [2.24, 2.45) is 0 Å². The fraction of sp³-hybridized carbons (Fsp3) is 0.333. The average Bonchev–Trinajstić information content (AvgIpc) is 3.19. The van der Waals surface area contributed by atoms with Crippen LogP contribution in [0.5, 0.6) is 5.75 Å². The lowest BCUT2D eigenvalue weighted by molar-refractivity contribution is -0.123. The molecule has 0 unspecified atom stereocenters. The first-order valence-electron chi connectivity index (χ1n) is 7.98. The van der Waals surface area contributed by atoms with Crippen LogP contribution in [-0.4, -0.2) is 41.0 Å². The van der Waals surface area contributed by atoms with Gasteiger partial charge < -0.3 is 9.47 Å². The van der Waals surface area contributed by atoms with E-state index in [-0.39, 0.29) is 12.0 Å². The predicted octanol–water partition coefficient (Wildman–Crippen LogP) is 4.39. The number of carbonyl (C=O) groups excluding carboxylic acids is 1. The van der Waals surface area contributed by atoms with Crippen LogP contribution in [0.4, 0.5) is 0 Å². The molecule has 2 heterocycles. The van der Waals surface area contributed by atoms with Crippen LogP contribution in [0.25, 0.3) is 6.08 Å². The quantitative estimate of drug-likeness (QED) is 0.373. The summed E-state index contributed by atoms with van der Waals surface area (Å²) in [7, 11) is 0. The van der Waals surface area contributed by atoms with E-state index >= 15 is 0 Å².